The Labute approximate surface area is 323 Å². The van der Waals surface area contributed by atoms with Crippen LogP contribution in [0, 0.1) is 17.2 Å². The summed E-state index contributed by atoms with van der Waals surface area (Å²) >= 11 is 0. The monoisotopic (exact) mass is 784 g/mol. The van der Waals surface area contributed by atoms with Crippen molar-refractivity contribution in [2.75, 3.05) is 42.9 Å². The average Bonchev–Trinajstić information content (AvgIpc) is 3.72. The molecule has 1 saturated carbocycles. The van der Waals surface area contributed by atoms with Crippen molar-refractivity contribution in [2.24, 2.45) is 13.0 Å². The number of rotatable bonds is 8. The van der Waals surface area contributed by atoms with E-state index in [4.69, 9.17) is 5.26 Å². The molecule has 0 bridgehead atoms. The van der Waals surface area contributed by atoms with Gasteiger partial charge in [-0.25, -0.2) is 4.79 Å². The Bertz CT molecular complexity index is 2490. The lowest BCUT2D eigenvalue weighted by molar-refractivity contribution is -0.274. The molecule has 2 aromatic carbocycles. The second kappa shape index (κ2) is 15.0. The molecule has 2 N–H and O–H groups in total. The van der Waals surface area contributed by atoms with Crippen LogP contribution in [-0.4, -0.2) is 85.6 Å². The molecule has 0 spiro atoms. The number of amides is 3. The van der Waals surface area contributed by atoms with Crippen LogP contribution >= 0.6 is 0 Å². The van der Waals surface area contributed by atoms with Crippen molar-refractivity contribution >= 4 is 51.0 Å². The standard InChI is InChI=1S/C39H39F3N10O5/c1-48-35-30(3-2-4-31(35)52(38(48)56)32-9-10-34(53)46-37(32)55)50-13-11-49(12-14-50)21-23-5-7-27(8-6-23)51-22-26-16-29(33(17-28(26)47-51)57-39(40,41)42)45-36(54)25-15-24(18-43)19-44-20-25/h2-4,15-17,19-20,22-23,27,32H,5-14,21H2,1H3,(H,45,54)(H,46,53,55). The summed E-state index contributed by atoms with van der Waals surface area (Å²) in [7, 11) is 1.71. The molecule has 2 aliphatic heterocycles. The average molecular weight is 785 g/mol. The summed E-state index contributed by atoms with van der Waals surface area (Å²) < 4.78 is 49.4. The van der Waals surface area contributed by atoms with Gasteiger partial charge in [-0.2, -0.15) is 10.4 Å². The van der Waals surface area contributed by atoms with Gasteiger partial charge in [0.05, 0.1) is 45.1 Å². The summed E-state index contributed by atoms with van der Waals surface area (Å²) in [5, 5.41) is 19.1. The van der Waals surface area contributed by atoms with Crippen LogP contribution in [0.4, 0.5) is 24.5 Å². The van der Waals surface area contributed by atoms with Crippen LogP contribution in [-0.2, 0) is 16.6 Å². The predicted octanol–water partition coefficient (Wildman–Crippen LogP) is 4.64. The normalized spacial score (nSPS) is 20.8. The molecule has 15 nitrogen and oxygen atoms in total. The Hall–Kier alpha value is -6.22. The maximum absolute atomic E-state index is 13.4. The van der Waals surface area contributed by atoms with Crippen molar-refractivity contribution in [3.05, 3.63) is 76.6 Å². The molecule has 3 fully saturated rings. The number of nitrogens with one attached hydrogen (secondary N) is 2. The van der Waals surface area contributed by atoms with E-state index in [2.05, 4.69) is 35.3 Å². The van der Waals surface area contributed by atoms with E-state index in [1.807, 2.05) is 24.3 Å². The van der Waals surface area contributed by atoms with Gasteiger partial charge in [-0.05, 0) is 62.3 Å². The van der Waals surface area contributed by atoms with Gasteiger partial charge in [0.25, 0.3) is 5.91 Å². The Morgan fingerprint density at radius 3 is 2.53 bits per heavy atom. The highest BCUT2D eigenvalue weighted by molar-refractivity contribution is 6.06. The van der Waals surface area contributed by atoms with E-state index >= 15 is 0 Å². The Morgan fingerprint density at radius 1 is 1.04 bits per heavy atom. The van der Waals surface area contributed by atoms with E-state index in [1.165, 1.54) is 29.1 Å². The molecular weight excluding hydrogens is 745 g/mol. The van der Waals surface area contributed by atoms with Gasteiger partial charge < -0.3 is 15.0 Å². The first-order valence-electron chi connectivity index (χ1n) is 18.8. The third kappa shape index (κ3) is 7.66. The third-order valence-electron chi connectivity index (χ3n) is 11.2. The minimum Gasteiger partial charge on any atom is -0.403 e. The first-order chi connectivity index (χ1) is 27.3. The molecule has 5 aromatic rings. The Kier molecular flexibility index (Phi) is 9.94. The number of alkyl halides is 3. The van der Waals surface area contributed by atoms with E-state index in [0.717, 1.165) is 75.7 Å². The molecule has 1 aliphatic carbocycles. The van der Waals surface area contributed by atoms with Crippen molar-refractivity contribution < 1.29 is 32.3 Å². The summed E-state index contributed by atoms with van der Waals surface area (Å²) in [4.78, 5) is 59.4. The third-order valence-corrected chi connectivity index (χ3v) is 11.2. The van der Waals surface area contributed by atoms with Gasteiger partial charge in [0.2, 0.25) is 11.8 Å². The molecule has 5 heterocycles. The number of halogens is 3. The lowest BCUT2D eigenvalue weighted by atomic mass is 9.85. The number of pyridine rings is 1. The van der Waals surface area contributed by atoms with E-state index in [-0.39, 0.29) is 47.3 Å². The lowest BCUT2D eigenvalue weighted by Gasteiger charge is -2.39. The fraction of sp³-hybridized carbons (Fsp3) is 0.410. The number of anilines is 2. The second-order valence-electron chi connectivity index (χ2n) is 14.9. The van der Waals surface area contributed by atoms with Crippen molar-refractivity contribution in [3.8, 4) is 11.8 Å². The molecule has 296 valence electrons. The number of carbonyl (C=O) groups is 3. The number of aryl methyl sites for hydroxylation is 1. The van der Waals surface area contributed by atoms with E-state index in [1.54, 1.807) is 22.5 Å². The molecule has 18 heteroatoms. The molecule has 3 aliphatic rings. The summed E-state index contributed by atoms with van der Waals surface area (Å²) in [5.74, 6) is -1.68. The van der Waals surface area contributed by atoms with Gasteiger partial charge in [0.15, 0.2) is 5.75 Å². The van der Waals surface area contributed by atoms with E-state index in [9.17, 15) is 32.3 Å². The summed E-state index contributed by atoms with van der Waals surface area (Å²) in [5.41, 5.74) is 2.30. The number of imidazole rings is 1. The topological polar surface area (TPSA) is 172 Å². The van der Waals surface area contributed by atoms with Crippen LogP contribution in [0.5, 0.6) is 5.75 Å². The van der Waals surface area contributed by atoms with Crippen molar-refractivity contribution in [2.45, 2.75) is 57.0 Å². The molecule has 57 heavy (non-hydrogen) atoms. The summed E-state index contributed by atoms with van der Waals surface area (Å²) in [6.45, 7) is 4.13. The van der Waals surface area contributed by atoms with Gasteiger partial charge >= 0.3 is 12.1 Å². The summed E-state index contributed by atoms with van der Waals surface area (Å²) in [6.07, 6.45) is 3.30. The minimum atomic E-state index is -5.01. The number of piperazine rings is 1. The number of nitrogens with zero attached hydrogens (tertiary/aromatic N) is 8. The number of benzene rings is 2. The molecule has 2 saturated heterocycles. The predicted molar refractivity (Wildman–Crippen MR) is 202 cm³/mol. The number of aromatic nitrogens is 5. The smallest absolute Gasteiger partial charge is 0.403 e. The zero-order valence-electron chi connectivity index (χ0n) is 31.0. The fourth-order valence-corrected chi connectivity index (χ4v) is 8.42. The molecular formula is C39H39F3N10O5. The molecule has 3 amide bonds. The highest BCUT2D eigenvalue weighted by Gasteiger charge is 2.35. The highest BCUT2D eigenvalue weighted by Crippen LogP contribution is 2.38. The van der Waals surface area contributed by atoms with E-state index in [0.29, 0.717) is 22.3 Å². The van der Waals surface area contributed by atoms with Crippen LogP contribution in [0.3, 0.4) is 0 Å². The first-order valence-corrected chi connectivity index (χ1v) is 18.8. The van der Waals surface area contributed by atoms with Crippen LogP contribution < -0.4 is 26.0 Å². The Morgan fingerprint density at radius 2 is 1.81 bits per heavy atom. The maximum atomic E-state index is 13.4. The largest absolute Gasteiger partial charge is 0.573 e. The van der Waals surface area contributed by atoms with Gasteiger partial charge in [-0.1, -0.05) is 6.07 Å². The van der Waals surface area contributed by atoms with Gasteiger partial charge in [-0.15, -0.1) is 13.2 Å². The SMILES string of the molecule is Cn1c(=O)n(C2CCC(=O)NC2=O)c2cccc(N3CCN(CC4CCC(n5cc6cc(NC(=O)c7cncc(C#N)c7)c(OC(F)(F)F)cc6n5)CC4)CC3)c21. The fourth-order valence-electron chi connectivity index (χ4n) is 8.42. The zero-order valence-corrected chi connectivity index (χ0v) is 31.0. The van der Waals surface area contributed by atoms with Crippen LogP contribution in [0.25, 0.3) is 21.9 Å². The number of para-hydroxylation sites is 1. The number of nitriles is 1. The van der Waals surface area contributed by atoms with Crippen LogP contribution in [0.1, 0.15) is 66.5 Å². The number of carbonyl (C=O) groups excluding carboxylic acids is 3. The zero-order chi connectivity index (χ0) is 40.0. The van der Waals surface area contributed by atoms with Crippen LogP contribution in [0.15, 0.2) is 59.8 Å². The second-order valence-corrected chi connectivity index (χ2v) is 14.9. The highest BCUT2D eigenvalue weighted by atomic mass is 19.4. The van der Waals surface area contributed by atoms with Gasteiger partial charge in [-0.3, -0.25) is 43.4 Å². The van der Waals surface area contributed by atoms with Gasteiger partial charge in [0.1, 0.15) is 12.1 Å². The lowest BCUT2D eigenvalue weighted by Crippen LogP contribution is -2.48. The molecule has 3 aromatic heterocycles. The first kappa shape index (κ1) is 37.7. The molecule has 0 radical (unpaired) electrons. The van der Waals surface area contributed by atoms with Crippen molar-refractivity contribution in [3.63, 3.8) is 0 Å². The van der Waals surface area contributed by atoms with Crippen molar-refractivity contribution in [1.82, 2.24) is 34.1 Å². The number of fused-ring (bicyclic) bond motifs is 2. The maximum Gasteiger partial charge on any atom is 0.573 e. The van der Waals surface area contributed by atoms with E-state index < -0.39 is 30.0 Å². The number of piperidine rings is 1. The minimum absolute atomic E-state index is 0.00594. The molecule has 8 rings (SSSR count). The number of ether oxygens (including phenoxy) is 1. The number of imide groups is 1. The quantitative estimate of drug-likeness (QED) is 0.211. The molecule has 1 unspecified atom stereocenters. The number of hydrogen-bond acceptors (Lipinski definition) is 10. The Balaban J connectivity index is 0.898. The van der Waals surface area contributed by atoms with Gasteiger partial charge in [0, 0.05) is 76.2 Å². The summed E-state index contributed by atoms with van der Waals surface area (Å²) in [6, 6.07) is 10.8. The molecule has 1 atom stereocenters. The number of hydrogen-bond donors (Lipinski definition) is 2. The van der Waals surface area contributed by atoms with Crippen LogP contribution in [0.2, 0.25) is 0 Å². The van der Waals surface area contributed by atoms with Crippen molar-refractivity contribution in [1.29, 1.82) is 5.26 Å².